The van der Waals surface area contributed by atoms with Crippen LogP contribution < -0.4 is 19.1 Å². The maximum Gasteiger partial charge on any atom is 0.254 e. The van der Waals surface area contributed by atoms with E-state index in [2.05, 4.69) is 29.0 Å². The summed E-state index contributed by atoms with van der Waals surface area (Å²) in [6.45, 7) is 5.91. The quantitative estimate of drug-likeness (QED) is 0.512. The Kier molecular flexibility index (Phi) is 8.39. The van der Waals surface area contributed by atoms with E-state index in [1.807, 2.05) is 29.2 Å². The van der Waals surface area contributed by atoms with Gasteiger partial charge in [-0.1, -0.05) is 0 Å². The lowest BCUT2D eigenvalue weighted by Gasteiger charge is -2.37. The Morgan fingerprint density at radius 3 is 2.46 bits per heavy atom. The largest absolute Gasteiger partial charge is 0.497 e. The molecule has 35 heavy (non-hydrogen) atoms. The Morgan fingerprint density at radius 1 is 1.00 bits per heavy atom. The van der Waals surface area contributed by atoms with Gasteiger partial charge in [-0.25, -0.2) is 0 Å². The molecule has 0 saturated carbocycles. The Balaban J connectivity index is 1.27. The number of likely N-dealkylation sites (tertiary alicyclic amines) is 1. The molecule has 0 bridgehead atoms. The van der Waals surface area contributed by atoms with Crippen LogP contribution in [0, 0.1) is 5.92 Å². The van der Waals surface area contributed by atoms with E-state index in [4.69, 9.17) is 14.2 Å². The van der Waals surface area contributed by atoms with Crippen LogP contribution in [0.15, 0.2) is 36.4 Å². The fourth-order valence-electron chi connectivity index (χ4n) is 5.34. The summed E-state index contributed by atoms with van der Waals surface area (Å²) in [4.78, 5) is 20.2. The molecule has 7 heteroatoms. The van der Waals surface area contributed by atoms with E-state index in [0.29, 0.717) is 17.4 Å². The van der Waals surface area contributed by atoms with E-state index >= 15 is 0 Å². The summed E-state index contributed by atoms with van der Waals surface area (Å²) in [6.07, 6.45) is 4.36. The summed E-state index contributed by atoms with van der Waals surface area (Å²) in [6, 6.07) is 12.0. The number of nitrogens with zero attached hydrogens (tertiary/aromatic N) is 3. The number of rotatable bonds is 10. The lowest BCUT2D eigenvalue weighted by Crippen LogP contribution is -2.45. The maximum absolute atomic E-state index is 13.3. The van der Waals surface area contributed by atoms with Crippen molar-refractivity contribution in [3.05, 3.63) is 47.5 Å². The zero-order valence-electron chi connectivity index (χ0n) is 21.6. The number of ether oxygens (including phenoxy) is 3. The van der Waals surface area contributed by atoms with Crippen LogP contribution in [0.2, 0.25) is 0 Å². The van der Waals surface area contributed by atoms with E-state index < -0.39 is 0 Å². The molecule has 1 fully saturated rings. The second-order valence-electron chi connectivity index (χ2n) is 9.65. The highest BCUT2D eigenvalue weighted by Crippen LogP contribution is 2.33. The van der Waals surface area contributed by atoms with Gasteiger partial charge in [0.2, 0.25) is 0 Å². The van der Waals surface area contributed by atoms with Gasteiger partial charge in [0.25, 0.3) is 5.91 Å². The van der Waals surface area contributed by atoms with Crippen molar-refractivity contribution in [2.45, 2.75) is 25.7 Å². The van der Waals surface area contributed by atoms with Crippen LogP contribution in [-0.4, -0.2) is 83.4 Å². The van der Waals surface area contributed by atoms with Gasteiger partial charge in [-0.05, 0) is 86.7 Å². The Labute approximate surface area is 209 Å². The predicted molar refractivity (Wildman–Crippen MR) is 139 cm³/mol. The highest BCUT2D eigenvalue weighted by atomic mass is 16.5. The zero-order valence-corrected chi connectivity index (χ0v) is 21.6. The molecule has 1 unspecified atom stereocenters. The van der Waals surface area contributed by atoms with Crippen molar-refractivity contribution in [2.24, 2.45) is 5.92 Å². The van der Waals surface area contributed by atoms with Gasteiger partial charge >= 0.3 is 0 Å². The Hall–Kier alpha value is -2.93. The molecule has 4 rings (SSSR count). The lowest BCUT2D eigenvalue weighted by atomic mass is 9.94. The normalized spacial score (nSPS) is 18.2. The van der Waals surface area contributed by atoms with Crippen LogP contribution in [0.4, 0.5) is 5.69 Å². The molecule has 0 N–H and O–H groups in total. The van der Waals surface area contributed by atoms with Gasteiger partial charge in [0.1, 0.15) is 5.75 Å². The first-order valence-electron chi connectivity index (χ1n) is 12.6. The van der Waals surface area contributed by atoms with E-state index in [1.165, 1.54) is 18.5 Å². The molecule has 0 radical (unpaired) electrons. The van der Waals surface area contributed by atoms with Crippen molar-refractivity contribution in [3.8, 4) is 17.2 Å². The number of hydrogen-bond acceptors (Lipinski definition) is 6. The number of carbonyl (C=O) groups excluding carboxylic acids is 1. The first-order chi connectivity index (χ1) is 17.0. The standard InChI is InChI=1S/C28H39N3O4/c1-29(23-8-10-24(33-2)11-9-23)13-6-15-30-14-5-7-21(19-30)20-31-16-12-22-17-26(34-3)27(35-4)18-25(22)28(31)32/h8-11,17-18,21H,5-7,12-16,19-20H2,1-4H3. The fourth-order valence-corrected chi connectivity index (χ4v) is 5.34. The molecule has 2 aromatic rings. The van der Waals surface area contributed by atoms with Crippen molar-refractivity contribution >= 4 is 11.6 Å². The molecule has 2 aliphatic heterocycles. The van der Waals surface area contributed by atoms with Gasteiger partial charge in [0.05, 0.1) is 21.3 Å². The van der Waals surface area contributed by atoms with Gasteiger partial charge in [0.15, 0.2) is 11.5 Å². The third kappa shape index (κ3) is 6.01. The molecule has 0 spiro atoms. The van der Waals surface area contributed by atoms with Gasteiger partial charge in [-0.3, -0.25) is 4.79 Å². The number of hydrogen-bond donors (Lipinski definition) is 0. The number of methoxy groups -OCH3 is 3. The van der Waals surface area contributed by atoms with Crippen LogP contribution in [0.5, 0.6) is 17.2 Å². The summed E-state index contributed by atoms with van der Waals surface area (Å²) in [7, 11) is 7.08. The second kappa shape index (κ2) is 11.7. The Morgan fingerprint density at radius 2 is 1.74 bits per heavy atom. The number of carbonyl (C=O) groups is 1. The molecule has 190 valence electrons. The van der Waals surface area contributed by atoms with Crippen molar-refractivity contribution in [1.29, 1.82) is 0 Å². The average molecular weight is 482 g/mol. The molecule has 0 aromatic heterocycles. The highest BCUT2D eigenvalue weighted by Gasteiger charge is 2.30. The van der Waals surface area contributed by atoms with E-state index in [0.717, 1.165) is 69.0 Å². The molecule has 1 atom stereocenters. The van der Waals surface area contributed by atoms with Gasteiger partial charge in [0, 0.05) is 44.5 Å². The minimum absolute atomic E-state index is 0.116. The van der Waals surface area contributed by atoms with Crippen molar-refractivity contribution < 1.29 is 19.0 Å². The van der Waals surface area contributed by atoms with Crippen LogP contribution >= 0.6 is 0 Å². The number of fused-ring (bicyclic) bond motifs is 1. The minimum Gasteiger partial charge on any atom is -0.497 e. The highest BCUT2D eigenvalue weighted by molar-refractivity contribution is 5.97. The second-order valence-corrected chi connectivity index (χ2v) is 9.65. The SMILES string of the molecule is COc1ccc(N(C)CCCN2CCCC(CN3CCc4cc(OC)c(OC)cc4C3=O)C2)cc1. The first-order valence-corrected chi connectivity index (χ1v) is 12.6. The molecule has 1 amide bonds. The maximum atomic E-state index is 13.3. The molecular formula is C28H39N3O4. The van der Waals surface area contributed by atoms with Gasteiger partial charge < -0.3 is 28.9 Å². The van der Waals surface area contributed by atoms with Crippen molar-refractivity contribution in [2.75, 3.05) is 72.5 Å². The zero-order chi connectivity index (χ0) is 24.8. The number of anilines is 1. The van der Waals surface area contributed by atoms with Crippen LogP contribution in [0.3, 0.4) is 0 Å². The lowest BCUT2D eigenvalue weighted by molar-refractivity contribution is 0.0660. The fraction of sp³-hybridized carbons (Fsp3) is 0.536. The van der Waals surface area contributed by atoms with Crippen LogP contribution in [0.1, 0.15) is 35.2 Å². The molecule has 0 aliphatic carbocycles. The molecular weight excluding hydrogens is 442 g/mol. The van der Waals surface area contributed by atoms with Gasteiger partial charge in [-0.2, -0.15) is 0 Å². The summed E-state index contributed by atoms with van der Waals surface area (Å²) in [5.74, 6) is 2.83. The number of piperidine rings is 1. The summed E-state index contributed by atoms with van der Waals surface area (Å²) in [5, 5.41) is 0. The van der Waals surface area contributed by atoms with E-state index in [9.17, 15) is 4.79 Å². The average Bonchev–Trinajstić information content (AvgIpc) is 2.90. The topological polar surface area (TPSA) is 54.5 Å². The first kappa shape index (κ1) is 25.2. The minimum atomic E-state index is 0.116. The molecule has 1 saturated heterocycles. The summed E-state index contributed by atoms with van der Waals surface area (Å²) >= 11 is 0. The van der Waals surface area contributed by atoms with Crippen LogP contribution in [0.25, 0.3) is 0 Å². The van der Waals surface area contributed by atoms with Crippen molar-refractivity contribution in [1.82, 2.24) is 9.80 Å². The number of benzene rings is 2. The molecule has 2 aliphatic rings. The smallest absolute Gasteiger partial charge is 0.254 e. The third-order valence-corrected chi connectivity index (χ3v) is 7.34. The van der Waals surface area contributed by atoms with Crippen LogP contribution in [-0.2, 0) is 6.42 Å². The molecule has 2 aromatic carbocycles. The monoisotopic (exact) mass is 481 g/mol. The predicted octanol–water partition coefficient (Wildman–Crippen LogP) is 3.95. The molecule has 7 nitrogen and oxygen atoms in total. The van der Waals surface area contributed by atoms with Crippen molar-refractivity contribution in [3.63, 3.8) is 0 Å². The molecule has 2 heterocycles. The van der Waals surface area contributed by atoms with E-state index in [-0.39, 0.29) is 5.91 Å². The summed E-state index contributed by atoms with van der Waals surface area (Å²) < 4.78 is 16.1. The number of amides is 1. The third-order valence-electron chi connectivity index (χ3n) is 7.34. The summed E-state index contributed by atoms with van der Waals surface area (Å²) in [5.41, 5.74) is 3.01. The van der Waals surface area contributed by atoms with Gasteiger partial charge in [-0.15, -0.1) is 0 Å². The Bertz CT molecular complexity index is 994. The van der Waals surface area contributed by atoms with E-state index in [1.54, 1.807) is 21.3 Å².